The van der Waals surface area contributed by atoms with Crippen LogP contribution >= 0.6 is 0 Å². The summed E-state index contributed by atoms with van der Waals surface area (Å²) in [5.41, 5.74) is 6.60. The minimum absolute atomic E-state index is 0.149. The molecule has 1 unspecified atom stereocenters. The Labute approximate surface area is 136 Å². The fourth-order valence-corrected chi connectivity index (χ4v) is 3.48. The van der Waals surface area contributed by atoms with Crippen molar-refractivity contribution >= 4 is 17.6 Å². The van der Waals surface area contributed by atoms with E-state index in [0.29, 0.717) is 13.0 Å². The quantitative estimate of drug-likeness (QED) is 0.882. The average Bonchev–Trinajstić information content (AvgIpc) is 3.06. The van der Waals surface area contributed by atoms with E-state index in [1.54, 1.807) is 4.90 Å². The highest BCUT2D eigenvalue weighted by Crippen LogP contribution is 2.21. The van der Waals surface area contributed by atoms with Gasteiger partial charge in [0, 0.05) is 31.4 Å². The number of urea groups is 1. The van der Waals surface area contributed by atoms with E-state index in [4.69, 9.17) is 5.73 Å². The number of nitrogens with one attached hydrogen (secondary N) is 1. The van der Waals surface area contributed by atoms with E-state index in [1.165, 1.54) is 5.69 Å². The Kier molecular flexibility index (Phi) is 4.69. The number of primary amides is 1. The number of hydrogen-bond acceptors (Lipinski definition) is 3. The molecule has 2 fully saturated rings. The molecule has 6 nitrogen and oxygen atoms in total. The lowest BCUT2D eigenvalue weighted by atomic mass is 10.0. The minimum atomic E-state index is -0.445. The predicted octanol–water partition coefficient (Wildman–Crippen LogP) is 1.31. The number of likely N-dealkylation sites (tertiary alicyclic amines) is 1. The number of amides is 3. The molecule has 0 radical (unpaired) electrons. The van der Waals surface area contributed by atoms with Crippen LogP contribution in [0.5, 0.6) is 0 Å². The second-order valence-electron chi connectivity index (χ2n) is 6.30. The van der Waals surface area contributed by atoms with Crippen molar-refractivity contribution in [3.05, 3.63) is 30.3 Å². The van der Waals surface area contributed by atoms with Gasteiger partial charge in [-0.1, -0.05) is 18.2 Å². The zero-order valence-corrected chi connectivity index (χ0v) is 13.3. The lowest BCUT2D eigenvalue weighted by Crippen LogP contribution is -2.52. The molecule has 0 bridgehead atoms. The van der Waals surface area contributed by atoms with Crippen LogP contribution in [0.1, 0.15) is 25.7 Å². The molecule has 3 N–H and O–H groups in total. The molecule has 0 aliphatic carbocycles. The first-order valence-electron chi connectivity index (χ1n) is 8.31. The third-order valence-corrected chi connectivity index (χ3v) is 4.79. The van der Waals surface area contributed by atoms with Crippen LogP contribution in [0.4, 0.5) is 10.5 Å². The summed E-state index contributed by atoms with van der Waals surface area (Å²) >= 11 is 0. The van der Waals surface area contributed by atoms with Crippen LogP contribution in [0.3, 0.4) is 0 Å². The molecule has 1 atom stereocenters. The van der Waals surface area contributed by atoms with Crippen LogP contribution in [-0.2, 0) is 4.79 Å². The van der Waals surface area contributed by atoms with E-state index < -0.39 is 11.9 Å². The van der Waals surface area contributed by atoms with Crippen molar-refractivity contribution in [3.8, 4) is 0 Å². The lowest BCUT2D eigenvalue weighted by Gasteiger charge is -2.35. The topological polar surface area (TPSA) is 78.7 Å². The van der Waals surface area contributed by atoms with Crippen molar-refractivity contribution in [2.24, 2.45) is 5.73 Å². The van der Waals surface area contributed by atoms with Gasteiger partial charge in [-0.15, -0.1) is 0 Å². The van der Waals surface area contributed by atoms with E-state index in [1.807, 2.05) is 18.2 Å². The smallest absolute Gasteiger partial charge is 0.318 e. The molecular weight excluding hydrogens is 292 g/mol. The maximum absolute atomic E-state index is 12.4. The first kappa shape index (κ1) is 15.6. The Morgan fingerprint density at radius 1 is 1.04 bits per heavy atom. The molecule has 124 valence electrons. The molecule has 0 aromatic heterocycles. The highest BCUT2D eigenvalue weighted by atomic mass is 16.2. The van der Waals surface area contributed by atoms with Gasteiger partial charge in [0.25, 0.3) is 0 Å². The van der Waals surface area contributed by atoms with Crippen molar-refractivity contribution in [3.63, 3.8) is 0 Å². The van der Waals surface area contributed by atoms with Crippen LogP contribution in [-0.4, -0.2) is 48.6 Å². The van der Waals surface area contributed by atoms with Gasteiger partial charge in [-0.2, -0.15) is 0 Å². The molecule has 1 aromatic rings. The number of piperidine rings is 1. The molecule has 0 spiro atoms. The van der Waals surface area contributed by atoms with Crippen molar-refractivity contribution in [2.45, 2.75) is 37.8 Å². The maximum atomic E-state index is 12.4. The Morgan fingerprint density at radius 3 is 2.39 bits per heavy atom. The largest absolute Gasteiger partial charge is 0.371 e. The van der Waals surface area contributed by atoms with E-state index >= 15 is 0 Å². The molecule has 23 heavy (non-hydrogen) atoms. The van der Waals surface area contributed by atoms with E-state index in [2.05, 4.69) is 22.3 Å². The Balaban J connectivity index is 1.51. The number of carbonyl (C=O) groups is 2. The summed E-state index contributed by atoms with van der Waals surface area (Å²) in [6.07, 6.45) is 3.34. The SMILES string of the molecule is NC(=O)C1CCCN1C(=O)NC1CCN(c2ccccc2)CC1. The monoisotopic (exact) mass is 316 g/mol. The van der Waals surface area contributed by atoms with Gasteiger partial charge in [0.2, 0.25) is 5.91 Å². The van der Waals surface area contributed by atoms with Crippen LogP contribution in [0, 0.1) is 0 Å². The second kappa shape index (κ2) is 6.89. The molecule has 1 aromatic carbocycles. The Morgan fingerprint density at radius 2 is 1.74 bits per heavy atom. The summed E-state index contributed by atoms with van der Waals surface area (Å²) in [5.74, 6) is -0.406. The normalized spacial score (nSPS) is 22.2. The Bertz CT molecular complexity index is 555. The van der Waals surface area contributed by atoms with Crippen LogP contribution < -0.4 is 16.0 Å². The van der Waals surface area contributed by atoms with E-state index in [-0.39, 0.29) is 12.1 Å². The first-order valence-corrected chi connectivity index (χ1v) is 8.31. The van der Waals surface area contributed by atoms with Crippen LogP contribution in [0.2, 0.25) is 0 Å². The lowest BCUT2D eigenvalue weighted by molar-refractivity contribution is -0.121. The summed E-state index contributed by atoms with van der Waals surface area (Å²) in [6.45, 7) is 2.46. The molecule has 2 saturated heterocycles. The maximum Gasteiger partial charge on any atom is 0.318 e. The fourth-order valence-electron chi connectivity index (χ4n) is 3.48. The van der Waals surface area contributed by atoms with Crippen molar-refractivity contribution < 1.29 is 9.59 Å². The molecule has 6 heteroatoms. The van der Waals surface area contributed by atoms with Gasteiger partial charge >= 0.3 is 6.03 Å². The highest BCUT2D eigenvalue weighted by molar-refractivity contribution is 5.86. The van der Waals surface area contributed by atoms with E-state index in [9.17, 15) is 9.59 Å². The zero-order chi connectivity index (χ0) is 16.2. The van der Waals surface area contributed by atoms with Crippen molar-refractivity contribution in [1.82, 2.24) is 10.2 Å². The molecule has 0 saturated carbocycles. The van der Waals surface area contributed by atoms with Crippen LogP contribution in [0.25, 0.3) is 0 Å². The number of nitrogens with two attached hydrogens (primary N) is 1. The summed E-state index contributed by atoms with van der Waals surface area (Å²) in [4.78, 5) is 27.7. The molecule has 3 amide bonds. The van der Waals surface area contributed by atoms with Crippen molar-refractivity contribution in [1.29, 1.82) is 0 Å². The van der Waals surface area contributed by atoms with Gasteiger partial charge in [-0.25, -0.2) is 4.79 Å². The molecule has 3 rings (SSSR count). The van der Waals surface area contributed by atoms with Gasteiger partial charge in [-0.05, 0) is 37.8 Å². The second-order valence-corrected chi connectivity index (χ2v) is 6.30. The minimum Gasteiger partial charge on any atom is -0.371 e. The number of rotatable bonds is 3. The number of para-hydroxylation sites is 1. The van der Waals surface area contributed by atoms with Gasteiger partial charge < -0.3 is 20.9 Å². The number of benzene rings is 1. The summed E-state index contributed by atoms with van der Waals surface area (Å²) in [6, 6.07) is 9.89. The molecule has 2 heterocycles. The molecule has 2 aliphatic rings. The zero-order valence-electron chi connectivity index (χ0n) is 13.3. The van der Waals surface area contributed by atoms with Crippen molar-refractivity contribution in [2.75, 3.05) is 24.5 Å². The van der Waals surface area contributed by atoms with E-state index in [0.717, 1.165) is 32.4 Å². The fraction of sp³-hybridized carbons (Fsp3) is 0.529. The predicted molar refractivity (Wildman–Crippen MR) is 89.1 cm³/mol. The molecule has 2 aliphatic heterocycles. The molecular formula is C17H24N4O2. The van der Waals surface area contributed by atoms with Crippen LogP contribution in [0.15, 0.2) is 30.3 Å². The summed E-state index contributed by atoms with van der Waals surface area (Å²) in [5, 5.41) is 3.07. The summed E-state index contributed by atoms with van der Waals surface area (Å²) < 4.78 is 0. The van der Waals surface area contributed by atoms with Gasteiger partial charge in [-0.3, -0.25) is 4.79 Å². The number of anilines is 1. The highest BCUT2D eigenvalue weighted by Gasteiger charge is 2.33. The average molecular weight is 316 g/mol. The third-order valence-electron chi connectivity index (χ3n) is 4.79. The standard InChI is InChI=1S/C17H24N4O2/c18-16(22)15-7-4-10-21(15)17(23)19-13-8-11-20(12-9-13)14-5-2-1-3-6-14/h1-3,5-6,13,15H,4,7-12H2,(H2,18,22)(H,19,23). The summed E-state index contributed by atoms with van der Waals surface area (Å²) in [7, 11) is 0. The first-order chi connectivity index (χ1) is 11.1. The van der Waals surface area contributed by atoms with Gasteiger partial charge in [0.15, 0.2) is 0 Å². The van der Waals surface area contributed by atoms with Gasteiger partial charge in [0.05, 0.1) is 0 Å². The Hall–Kier alpha value is -2.24. The number of nitrogens with zero attached hydrogens (tertiary/aromatic N) is 2. The third kappa shape index (κ3) is 3.57. The number of hydrogen-bond donors (Lipinski definition) is 2. The van der Waals surface area contributed by atoms with Gasteiger partial charge in [0.1, 0.15) is 6.04 Å². The number of carbonyl (C=O) groups excluding carboxylic acids is 2.